The number of hydrogen-bond donors (Lipinski definition) is 1. The van der Waals surface area contributed by atoms with Crippen molar-refractivity contribution < 1.29 is 0 Å². The van der Waals surface area contributed by atoms with Gasteiger partial charge < -0.3 is 5.32 Å². The molecule has 0 aromatic heterocycles. The zero-order valence-corrected chi connectivity index (χ0v) is 8.54. The molecule has 0 fully saturated rings. The standard InChI is InChI=1S/C12H17N/c1-4-12(13-10(2)3)11-8-6-5-7-9-11/h4-10,13H,1-3H3/b12-4+. The van der Waals surface area contributed by atoms with Crippen LogP contribution < -0.4 is 5.32 Å². The SMILES string of the molecule is C/C=C(/NC(C)C)c1ccccc1. The number of allylic oxidation sites excluding steroid dienone is 1. The van der Waals surface area contributed by atoms with Crippen molar-refractivity contribution in [3.8, 4) is 0 Å². The Labute approximate surface area is 80.5 Å². The molecule has 0 aliphatic rings. The first-order valence-corrected chi connectivity index (χ1v) is 4.72. The average molecular weight is 175 g/mol. The van der Waals surface area contributed by atoms with Crippen molar-refractivity contribution in [3.05, 3.63) is 42.0 Å². The van der Waals surface area contributed by atoms with E-state index in [2.05, 4.69) is 56.4 Å². The minimum Gasteiger partial charge on any atom is -0.383 e. The molecule has 0 radical (unpaired) electrons. The molecule has 0 amide bonds. The van der Waals surface area contributed by atoms with E-state index in [1.54, 1.807) is 0 Å². The third-order valence-corrected chi connectivity index (χ3v) is 1.82. The average Bonchev–Trinajstić information content (AvgIpc) is 2.15. The predicted octanol–water partition coefficient (Wildman–Crippen LogP) is 3.05. The van der Waals surface area contributed by atoms with Crippen molar-refractivity contribution in [2.75, 3.05) is 0 Å². The molecule has 0 saturated carbocycles. The summed E-state index contributed by atoms with van der Waals surface area (Å²) in [5.41, 5.74) is 2.45. The van der Waals surface area contributed by atoms with E-state index < -0.39 is 0 Å². The van der Waals surface area contributed by atoms with Crippen molar-refractivity contribution in [1.82, 2.24) is 5.32 Å². The van der Waals surface area contributed by atoms with Gasteiger partial charge in [0.05, 0.1) is 0 Å². The summed E-state index contributed by atoms with van der Waals surface area (Å²) < 4.78 is 0. The Kier molecular flexibility index (Phi) is 3.56. The highest BCUT2D eigenvalue weighted by Crippen LogP contribution is 2.10. The maximum absolute atomic E-state index is 3.41. The topological polar surface area (TPSA) is 12.0 Å². The molecule has 0 heterocycles. The monoisotopic (exact) mass is 175 g/mol. The molecule has 1 nitrogen and oxygen atoms in total. The highest BCUT2D eigenvalue weighted by molar-refractivity contribution is 5.63. The van der Waals surface area contributed by atoms with E-state index in [0.29, 0.717) is 6.04 Å². The Balaban J connectivity index is 2.80. The van der Waals surface area contributed by atoms with Gasteiger partial charge in [-0.1, -0.05) is 36.4 Å². The van der Waals surface area contributed by atoms with Gasteiger partial charge in [-0.15, -0.1) is 0 Å². The summed E-state index contributed by atoms with van der Waals surface area (Å²) in [4.78, 5) is 0. The molecule has 1 heteroatoms. The summed E-state index contributed by atoms with van der Waals surface area (Å²) in [7, 11) is 0. The fourth-order valence-electron chi connectivity index (χ4n) is 1.26. The van der Waals surface area contributed by atoms with E-state index in [1.165, 1.54) is 11.3 Å². The number of rotatable bonds is 3. The van der Waals surface area contributed by atoms with Gasteiger partial charge in [0.1, 0.15) is 0 Å². The Morgan fingerprint density at radius 1 is 1.23 bits per heavy atom. The van der Waals surface area contributed by atoms with Crippen LogP contribution in [0.15, 0.2) is 36.4 Å². The van der Waals surface area contributed by atoms with Gasteiger partial charge in [-0.3, -0.25) is 0 Å². The molecule has 0 aliphatic carbocycles. The van der Waals surface area contributed by atoms with Crippen LogP contribution >= 0.6 is 0 Å². The normalized spacial score (nSPS) is 11.8. The lowest BCUT2D eigenvalue weighted by Crippen LogP contribution is -2.20. The molecule has 0 unspecified atom stereocenters. The van der Waals surface area contributed by atoms with Crippen molar-refractivity contribution in [3.63, 3.8) is 0 Å². The first kappa shape index (κ1) is 9.85. The zero-order valence-electron chi connectivity index (χ0n) is 8.54. The highest BCUT2D eigenvalue weighted by atomic mass is 14.9. The Morgan fingerprint density at radius 3 is 2.31 bits per heavy atom. The van der Waals surface area contributed by atoms with E-state index in [4.69, 9.17) is 0 Å². The third-order valence-electron chi connectivity index (χ3n) is 1.82. The van der Waals surface area contributed by atoms with E-state index in [0.717, 1.165) is 0 Å². The zero-order chi connectivity index (χ0) is 9.68. The van der Waals surface area contributed by atoms with Gasteiger partial charge >= 0.3 is 0 Å². The van der Waals surface area contributed by atoms with Crippen LogP contribution in [0, 0.1) is 0 Å². The van der Waals surface area contributed by atoms with Crippen LogP contribution in [-0.2, 0) is 0 Å². The molecule has 0 spiro atoms. The quantitative estimate of drug-likeness (QED) is 0.744. The second-order valence-electron chi connectivity index (χ2n) is 3.37. The Hall–Kier alpha value is -1.24. The van der Waals surface area contributed by atoms with E-state index in [9.17, 15) is 0 Å². The molecule has 0 aliphatic heterocycles. The molecule has 1 N–H and O–H groups in total. The largest absolute Gasteiger partial charge is 0.383 e. The summed E-state index contributed by atoms with van der Waals surface area (Å²) in [6, 6.07) is 10.9. The second-order valence-corrected chi connectivity index (χ2v) is 3.37. The van der Waals surface area contributed by atoms with Gasteiger partial charge in [-0.25, -0.2) is 0 Å². The summed E-state index contributed by atoms with van der Waals surface area (Å²) >= 11 is 0. The van der Waals surface area contributed by atoms with Crippen molar-refractivity contribution in [2.24, 2.45) is 0 Å². The minimum atomic E-state index is 0.478. The van der Waals surface area contributed by atoms with Gasteiger partial charge in [-0.2, -0.15) is 0 Å². The number of hydrogen-bond acceptors (Lipinski definition) is 1. The van der Waals surface area contributed by atoms with Crippen LogP contribution in [0.5, 0.6) is 0 Å². The third kappa shape index (κ3) is 2.94. The van der Waals surface area contributed by atoms with E-state index >= 15 is 0 Å². The van der Waals surface area contributed by atoms with Crippen LogP contribution in [0.4, 0.5) is 0 Å². The van der Waals surface area contributed by atoms with Crippen LogP contribution in [0.1, 0.15) is 26.3 Å². The Bertz CT molecular complexity index is 272. The molecule has 1 rings (SSSR count). The fraction of sp³-hybridized carbons (Fsp3) is 0.333. The van der Waals surface area contributed by atoms with Crippen molar-refractivity contribution in [1.29, 1.82) is 0 Å². The summed E-state index contributed by atoms with van der Waals surface area (Å²) in [6.45, 7) is 6.34. The summed E-state index contributed by atoms with van der Waals surface area (Å²) in [5.74, 6) is 0. The summed E-state index contributed by atoms with van der Waals surface area (Å²) in [5, 5.41) is 3.41. The molecule has 13 heavy (non-hydrogen) atoms. The molecule has 0 saturated heterocycles. The van der Waals surface area contributed by atoms with Gasteiger partial charge in [0.2, 0.25) is 0 Å². The van der Waals surface area contributed by atoms with E-state index in [-0.39, 0.29) is 0 Å². The van der Waals surface area contributed by atoms with Crippen molar-refractivity contribution >= 4 is 5.70 Å². The van der Waals surface area contributed by atoms with Crippen LogP contribution in [0.2, 0.25) is 0 Å². The van der Waals surface area contributed by atoms with Crippen LogP contribution in [0.3, 0.4) is 0 Å². The lowest BCUT2D eigenvalue weighted by molar-refractivity contribution is 0.716. The van der Waals surface area contributed by atoms with Crippen LogP contribution in [0.25, 0.3) is 5.70 Å². The van der Waals surface area contributed by atoms with E-state index in [1.807, 2.05) is 6.07 Å². The van der Waals surface area contributed by atoms with Gasteiger partial charge in [0.25, 0.3) is 0 Å². The van der Waals surface area contributed by atoms with Crippen molar-refractivity contribution in [2.45, 2.75) is 26.8 Å². The van der Waals surface area contributed by atoms with Crippen LogP contribution in [-0.4, -0.2) is 6.04 Å². The lowest BCUT2D eigenvalue weighted by Gasteiger charge is -2.13. The van der Waals surface area contributed by atoms with Gasteiger partial charge in [0.15, 0.2) is 0 Å². The molecular weight excluding hydrogens is 158 g/mol. The first-order valence-electron chi connectivity index (χ1n) is 4.72. The summed E-state index contributed by atoms with van der Waals surface area (Å²) in [6.07, 6.45) is 2.11. The predicted molar refractivity (Wildman–Crippen MR) is 58.4 cm³/mol. The molecule has 0 atom stereocenters. The Morgan fingerprint density at radius 2 is 1.85 bits per heavy atom. The number of nitrogens with one attached hydrogen (secondary N) is 1. The molecule has 1 aromatic carbocycles. The fourth-order valence-corrected chi connectivity index (χ4v) is 1.26. The maximum Gasteiger partial charge on any atom is 0.0372 e. The minimum absolute atomic E-state index is 0.478. The molecule has 70 valence electrons. The lowest BCUT2D eigenvalue weighted by atomic mass is 10.1. The van der Waals surface area contributed by atoms with Gasteiger partial charge in [-0.05, 0) is 26.3 Å². The maximum atomic E-state index is 3.41. The highest BCUT2D eigenvalue weighted by Gasteiger charge is 1.99. The number of benzene rings is 1. The molecule has 0 bridgehead atoms. The smallest absolute Gasteiger partial charge is 0.0372 e. The first-order chi connectivity index (χ1) is 6.24. The molecular formula is C12H17N. The second kappa shape index (κ2) is 4.70. The molecule has 1 aromatic rings. The van der Waals surface area contributed by atoms with Gasteiger partial charge in [0, 0.05) is 11.7 Å².